The monoisotopic (exact) mass is 301 g/mol. The summed E-state index contributed by atoms with van der Waals surface area (Å²) in [6.07, 6.45) is 3.24. The lowest BCUT2D eigenvalue weighted by Crippen LogP contribution is -2.38. The minimum Gasteiger partial charge on any atom is -0.352 e. The summed E-state index contributed by atoms with van der Waals surface area (Å²) >= 11 is 0. The number of aromatic nitrogens is 3. The van der Waals surface area contributed by atoms with Gasteiger partial charge in [0.25, 0.3) is 0 Å². The molecular weight excluding hydrogens is 282 g/mol. The minimum atomic E-state index is 0.122. The molecule has 0 radical (unpaired) electrons. The molecule has 0 spiro atoms. The van der Waals surface area contributed by atoms with E-state index in [1.165, 1.54) is 0 Å². The fourth-order valence-corrected chi connectivity index (χ4v) is 2.63. The maximum atomic E-state index is 11.4. The van der Waals surface area contributed by atoms with E-state index in [0.717, 1.165) is 18.7 Å². The molecule has 0 aliphatic carbocycles. The molecule has 0 bridgehead atoms. The Kier molecular flexibility index (Phi) is 4.43. The SMILES string of the molecule is Cc1noc(CN(Cc2ccccn2)C[C@@H]2CCC(=O)N2)n1. The van der Waals surface area contributed by atoms with Gasteiger partial charge in [-0.05, 0) is 25.5 Å². The number of aryl methyl sites for hydroxylation is 1. The van der Waals surface area contributed by atoms with Crippen LogP contribution in [0.25, 0.3) is 0 Å². The van der Waals surface area contributed by atoms with Crippen LogP contribution in [0, 0.1) is 6.92 Å². The molecule has 1 fully saturated rings. The van der Waals surface area contributed by atoms with E-state index in [1.807, 2.05) is 18.2 Å². The molecule has 3 heterocycles. The molecule has 116 valence electrons. The van der Waals surface area contributed by atoms with Crippen molar-refractivity contribution in [3.8, 4) is 0 Å². The maximum Gasteiger partial charge on any atom is 0.240 e. The predicted octanol–water partition coefficient (Wildman–Crippen LogP) is 1.05. The largest absolute Gasteiger partial charge is 0.352 e. The average molecular weight is 301 g/mol. The molecule has 1 aliphatic rings. The van der Waals surface area contributed by atoms with Gasteiger partial charge in [0.1, 0.15) is 0 Å². The Morgan fingerprint density at radius 2 is 2.32 bits per heavy atom. The van der Waals surface area contributed by atoms with Crippen molar-refractivity contribution < 1.29 is 9.32 Å². The van der Waals surface area contributed by atoms with Gasteiger partial charge in [0, 0.05) is 31.7 Å². The second kappa shape index (κ2) is 6.65. The first-order valence-corrected chi connectivity index (χ1v) is 7.40. The van der Waals surface area contributed by atoms with Crippen LogP contribution in [-0.4, -0.2) is 38.5 Å². The zero-order valence-electron chi connectivity index (χ0n) is 12.5. The number of carbonyl (C=O) groups is 1. The Balaban J connectivity index is 1.68. The summed E-state index contributed by atoms with van der Waals surface area (Å²) in [7, 11) is 0. The van der Waals surface area contributed by atoms with Gasteiger partial charge in [-0.3, -0.25) is 14.7 Å². The molecule has 0 unspecified atom stereocenters. The van der Waals surface area contributed by atoms with Crippen LogP contribution in [0.4, 0.5) is 0 Å². The van der Waals surface area contributed by atoms with E-state index in [1.54, 1.807) is 13.1 Å². The molecule has 1 atom stereocenters. The standard InChI is InChI=1S/C15H19N5O2/c1-11-17-15(22-19-11)10-20(8-12-4-2-3-7-16-12)9-13-5-6-14(21)18-13/h2-4,7,13H,5-6,8-10H2,1H3,(H,18,21)/t13-/m0/s1. The van der Waals surface area contributed by atoms with Crippen LogP contribution in [-0.2, 0) is 17.9 Å². The third kappa shape index (κ3) is 3.88. The number of nitrogens with zero attached hydrogens (tertiary/aromatic N) is 4. The summed E-state index contributed by atoms with van der Waals surface area (Å²) in [5.41, 5.74) is 0.975. The second-order valence-electron chi connectivity index (χ2n) is 5.53. The average Bonchev–Trinajstić information content (AvgIpc) is 3.09. The highest BCUT2D eigenvalue weighted by Gasteiger charge is 2.24. The minimum absolute atomic E-state index is 0.122. The molecule has 1 saturated heterocycles. The van der Waals surface area contributed by atoms with Gasteiger partial charge in [-0.25, -0.2) is 0 Å². The molecule has 1 N–H and O–H groups in total. The molecular formula is C15H19N5O2. The summed E-state index contributed by atoms with van der Waals surface area (Å²) in [6.45, 7) is 3.76. The Labute approximate surface area is 128 Å². The Morgan fingerprint density at radius 3 is 2.95 bits per heavy atom. The van der Waals surface area contributed by atoms with E-state index in [-0.39, 0.29) is 11.9 Å². The van der Waals surface area contributed by atoms with Gasteiger partial charge in [-0.15, -0.1) is 0 Å². The van der Waals surface area contributed by atoms with Crippen LogP contribution < -0.4 is 5.32 Å². The van der Waals surface area contributed by atoms with E-state index >= 15 is 0 Å². The third-order valence-corrected chi connectivity index (χ3v) is 3.60. The number of nitrogens with one attached hydrogen (secondary N) is 1. The normalized spacial score (nSPS) is 17.9. The van der Waals surface area contributed by atoms with Crippen molar-refractivity contribution in [1.82, 2.24) is 25.3 Å². The molecule has 7 heteroatoms. The van der Waals surface area contributed by atoms with E-state index in [0.29, 0.717) is 31.2 Å². The van der Waals surface area contributed by atoms with Gasteiger partial charge >= 0.3 is 0 Å². The zero-order chi connectivity index (χ0) is 15.4. The second-order valence-corrected chi connectivity index (χ2v) is 5.53. The van der Waals surface area contributed by atoms with E-state index < -0.39 is 0 Å². The van der Waals surface area contributed by atoms with Crippen LogP contribution in [0.2, 0.25) is 0 Å². The molecule has 3 rings (SSSR count). The van der Waals surface area contributed by atoms with Crippen LogP contribution in [0.1, 0.15) is 30.3 Å². The van der Waals surface area contributed by atoms with Gasteiger partial charge in [0.15, 0.2) is 5.82 Å². The Morgan fingerprint density at radius 1 is 1.41 bits per heavy atom. The van der Waals surface area contributed by atoms with Crippen molar-refractivity contribution in [3.05, 3.63) is 41.8 Å². The topological polar surface area (TPSA) is 84.2 Å². The lowest BCUT2D eigenvalue weighted by molar-refractivity contribution is -0.119. The van der Waals surface area contributed by atoms with Crippen LogP contribution in [0.5, 0.6) is 0 Å². The molecule has 2 aromatic rings. The van der Waals surface area contributed by atoms with Crippen molar-refractivity contribution in [2.75, 3.05) is 6.54 Å². The fraction of sp³-hybridized carbons (Fsp3) is 0.467. The van der Waals surface area contributed by atoms with Crippen LogP contribution in [0.3, 0.4) is 0 Å². The smallest absolute Gasteiger partial charge is 0.240 e. The van der Waals surface area contributed by atoms with E-state index in [9.17, 15) is 4.79 Å². The number of hydrogen-bond donors (Lipinski definition) is 1. The fourth-order valence-electron chi connectivity index (χ4n) is 2.63. The number of rotatable bonds is 6. The van der Waals surface area contributed by atoms with Gasteiger partial charge < -0.3 is 9.84 Å². The molecule has 0 saturated carbocycles. The maximum absolute atomic E-state index is 11.4. The summed E-state index contributed by atoms with van der Waals surface area (Å²) in [5, 5.41) is 6.82. The van der Waals surface area contributed by atoms with Crippen molar-refractivity contribution in [3.63, 3.8) is 0 Å². The molecule has 7 nitrogen and oxygen atoms in total. The molecule has 2 aromatic heterocycles. The summed E-state index contributed by atoms with van der Waals surface area (Å²) in [6, 6.07) is 6.01. The molecule has 1 amide bonds. The lowest BCUT2D eigenvalue weighted by atomic mass is 10.2. The third-order valence-electron chi connectivity index (χ3n) is 3.60. The predicted molar refractivity (Wildman–Crippen MR) is 78.6 cm³/mol. The highest BCUT2D eigenvalue weighted by atomic mass is 16.5. The number of hydrogen-bond acceptors (Lipinski definition) is 6. The van der Waals surface area contributed by atoms with Crippen LogP contribution in [0.15, 0.2) is 28.9 Å². The summed E-state index contributed by atoms with van der Waals surface area (Å²) in [4.78, 5) is 22.2. The lowest BCUT2D eigenvalue weighted by Gasteiger charge is -2.23. The first-order valence-electron chi connectivity index (χ1n) is 7.40. The summed E-state index contributed by atoms with van der Waals surface area (Å²) in [5.74, 6) is 1.33. The summed E-state index contributed by atoms with van der Waals surface area (Å²) < 4.78 is 5.21. The van der Waals surface area contributed by atoms with Gasteiger partial charge in [0.05, 0.1) is 12.2 Å². The van der Waals surface area contributed by atoms with Crippen molar-refractivity contribution in [2.45, 2.75) is 38.9 Å². The van der Waals surface area contributed by atoms with Gasteiger partial charge in [-0.2, -0.15) is 4.98 Å². The quantitative estimate of drug-likeness (QED) is 0.858. The Bertz CT molecular complexity index is 628. The van der Waals surface area contributed by atoms with Crippen molar-refractivity contribution in [1.29, 1.82) is 0 Å². The Hall–Kier alpha value is -2.28. The highest BCUT2D eigenvalue weighted by Crippen LogP contribution is 2.13. The van der Waals surface area contributed by atoms with Gasteiger partial charge in [-0.1, -0.05) is 11.2 Å². The molecule has 0 aromatic carbocycles. The first kappa shape index (κ1) is 14.6. The van der Waals surface area contributed by atoms with Crippen molar-refractivity contribution in [2.24, 2.45) is 0 Å². The highest BCUT2D eigenvalue weighted by molar-refractivity contribution is 5.78. The first-order chi connectivity index (χ1) is 10.7. The van der Waals surface area contributed by atoms with E-state index in [2.05, 4.69) is 25.3 Å². The number of carbonyl (C=O) groups excluding carboxylic acids is 1. The van der Waals surface area contributed by atoms with E-state index in [4.69, 9.17) is 4.52 Å². The number of amides is 1. The van der Waals surface area contributed by atoms with Gasteiger partial charge in [0.2, 0.25) is 11.8 Å². The molecule has 1 aliphatic heterocycles. The number of pyridine rings is 1. The van der Waals surface area contributed by atoms with Crippen LogP contribution >= 0.6 is 0 Å². The zero-order valence-corrected chi connectivity index (χ0v) is 12.5. The molecule has 22 heavy (non-hydrogen) atoms. The van der Waals surface area contributed by atoms with Crippen molar-refractivity contribution >= 4 is 5.91 Å².